The molecule has 1 aliphatic rings. The van der Waals surface area contributed by atoms with Gasteiger partial charge in [-0.15, -0.1) is 0 Å². The number of aromatic amines is 1. The van der Waals surface area contributed by atoms with Gasteiger partial charge in [0.1, 0.15) is 5.25 Å². The van der Waals surface area contributed by atoms with E-state index in [9.17, 15) is 9.59 Å². The van der Waals surface area contributed by atoms with Gasteiger partial charge in [0.2, 0.25) is 11.8 Å². The number of imidazole rings is 1. The van der Waals surface area contributed by atoms with Gasteiger partial charge in [0, 0.05) is 12.1 Å². The number of carbonyl (C=O) groups is 2. The third kappa shape index (κ3) is 1.92. The Labute approximate surface area is 106 Å². The molecular weight excluding hydrogens is 252 g/mol. The summed E-state index contributed by atoms with van der Waals surface area (Å²) in [5.41, 5.74) is 7.93. The van der Waals surface area contributed by atoms with Crippen molar-refractivity contribution in [1.29, 1.82) is 0 Å². The van der Waals surface area contributed by atoms with E-state index in [0.29, 0.717) is 10.8 Å². The predicted octanol–water partition coefficient (Wildman–Crippen LogP) is 0.652. The van der Waals surface area contributed by atoms with Crippen molar-refractivity contribution >= 4 is 40.3 Å². The van der Waals surface area contributed by atoms with E-state index >= 15 is 0 Å². The number of rotatable bonds is 2. The number of H-pyrrole nitrogens is 1. The molecule has 2 amide bonds. The lowest BCUT2D eigenvalue weighted by molar-refractivity contribution is -0.124. The van der Waals surface area contributed by atoms with Crippen LogP contribution in [0.2, 0.25) is 0 Å². The van der Waals surface area contributed by atoms with Crippen molar-refractivity contribution in [3.05, 3.63) is 18.2 Å². The molecule has 0 radical (unpaired) electrons. The quantitative estimate of drug-likeness (QED) is 0.545. The maximum Gasteiger partial charge on any atom is 0.240 e. The van der Waals surface area contributed by atoms with Crippen LogP contribution in [0.3, 0.4) is 0 Å². The number of anilines is 1. The van der Waals surface area contributed by atoms with Gasteiger partial charge in [-0.05, 0) is 18.2 Å². The number of carbonyl (C=O) groups excluding carboxylic acids is 2. The first kappa shape index (κ1) is 11.1. The highest BCUT2D eigenvalue weighted by Crippen LogP contribution is 2.28. The van der Waals surface area contributed by atoms with Gasteiger partial charge in [-0.2, -0.15) is 0 Å². The van der Waals surface area contributed by atoms with Gasteiger partial charge in [-0.1, -0.05) is 11.8 Å². The van der Waals surface area contributed by atoms with Crippen LogP contribution in [0.4, 0.5) is 5.69 Å². The van der Waals surface area contributed by atoms with E-state index in [2.05, 4.69) is 15.3 Å². The van der Waals surface area contributed by atoms with Crippen LogP contribution in [-0.2, 0) is 9.59 Å². The molecule has 92 valence electrons. The summed E-state index contributed by atoms with van der Waals surface area (Å²) in [5, 5.41) is 2.48. The zero-order valence-corrected chi connectivity index (χ0v) is 10.1. The molecule has 1 unspecified atom stereocenters. The van der Waals surface area contributed by atoms with E-state index < -0.39 is 5.25 Å². The number of benzene rings is 1. The highest BCUT2D eigenvalue weighted by atomic mass is 32.2. The average Bonchev–Trinajstić information content (AvgIpc) is 2.82. The topological polar surface area (TPSA) is 101 Å². The fraction of sp³-hybridized carbons (Fsp3) is 0.182. The Balaban J connectivity index is 1.87. The van der Waals surface area contributed by atoms with E-state index in [4.69, 9.17) is 5.73 Å². The molecule has 7 heteroatoms. The minimum Gasteiger partial charge on any atom is -0.399 e. The lowest BCUT2D eigenvalue weighted by Crippen LogP contribution is -2.23. The van der Waals surface area contributed by atoms with E-state index in [1.165, 1.54) is 11.8 Å². The summed E-state index contributed by atoms with van der Waals surface area (Å²) in [6.45, 7) is 0. The molecule has 2 aromatic rings. The van der Waals surface area contributed by atoms with Gasteiger partial charge < -0.3 is 10.7 Å². The predicted molar refractivity (Wildman–Crippen MR) is 67.9 cm³/mol. The molecule has 1 aromatic heterocycles. The maximum absolute atomic E-state index is 11.4. The Bertz CT molecular complexity index is 652. The third-order valence-electron chi connectivity index (χ3n) is 2.66. The molecule has 0 saturated carbocycles. The molecule has 0 aliphatic carbocycles. The van der Waals surface area contributed by atoms with Crippen LogP contribution in [-0.4, -0.2) is 27.0 Å². The minimum absolute atomic E-state index is 0.197. The summed E-state index contributed by atoms with van der Waals surface area (Å²) in [5.74, 6) is -0.497. The minimum atomic E-state index is -0.407. The Hall–Kier alpha value is -2.02. The first-order valence-electron chi connectivity index (χ1n) is 5.37. The van der Waals surface area contributed by atoms with Crippen molar-refractivity contribution in [2.45, 2.75) is 16.8 Å². The van der Waals surface area contributed by atoms with E-state index in [1.54, 1.807) is 12.1 Å². The molecular formula is C11H10N4O2S. The van der Waals surface area contributed by atoms with Crippen LogP contribution in [0, 0.1) is 0 Å². The van der Waals surface area contributed by atoms with Crippen LogP contribution in [0.15, 0.2) is 23.4 Å². The van der Waals surface area contributed by atoms with Gasteiger partial charge in [-0.3, -0.25) is 14.9 Å². The van der Waals surface area contributed by atoms with Crippen molar-refractivity contribution < 1.29 is 9.59 Å². The van der Waals surface area contributed by atoms with Crippen LogP contribution in [0.1, 0.15) is 6.42 Å². The number of nitrogens with two attached hydrogens (primary N) is 1. The fourth-order valence-electron chi connectivity index (χ4n) is 1.82. The van der Waals surface area contributed by atoms with Crippen molar-refractivity contribution in [2.24, 2.45) is 0 Å². The number of hydrogen-bond donors (Lipinski definition) is 3. The summed E-state index contributed by atoms with van der Waals surface area (Å²) in [6.07, 6.45) is 0.197. The van der Waals surface area contributed by atoms with Crippen LogP contribution in [0.5, 0.6) is 0 Å². The molecule has 3 rings (SSSR count). The number of fused-ring (bicyclic) bond motifs is 1. The highest BCUT2D eigenvalue weighted by molar-refractivity contribution is 8.00. The SMILES string of the molecule is Nc1ccc2nc(SC3CC(=O)NC3=O)[nH]c2c1. The lowest BCUT2D eigenvalue weighted by atomic mass is 10.3. The standard InChI is InChI=1S/C11H10N4O2S/c12-5-1-2-6-7(3-5)14-11(13-6)18-8-4-9(16)15-10(8)17/h1-3,8H,4,12H2,(H,13,14)(H,15,16,17). The molecule has 1 atom stereocenters. The Kier molecular flexibility index (Phi) is 2.48. The molecule has 4 N–H and O–H groups in total. The van der Waals surface area contributed by atoms with E-state index in [1.807, 2.05) is 6.07 Å². The summed E-state index contributed by atoms with van der Waals surface area (Å²) < 4.78 is 0. The Morgan fingerprint density at radius 2 is 2.22 bits per heavy atom. The maximum atomic E-state index is 11.4. The zero-order valence-electron chi connectivity index (χ0n) is 9.27. The largest absolute Gasteiger partial charge is 0.399 e. The fourth-order valence-corrected chi connectivity index (χ4v) is 2.81. The number of nitrogens with zero attached hydrogens (tertiary/aromatic N) is 1. The van der Waals surface area contributed by atoms with Crippen LogP contribution in [0.25, 0.3) is 11.0 Å². The summed E-state index contributed by atoms with van der Waals surface area (Å²) in [6, 6.07) is 5.36. The molecule has 2 heterocycles. The molecule has 6 nitrogen and oxygen atoms in total. The molecule has 1 saturated heterocycles. The van der Waals surface area contributed by atoms with Gasteiger partial charge in [-0.25, -0.2) is 4.98 Å². The molecule has 1 aromatic carbocycles. The summed E-state index contributed by atoms with van der Waals surface area (Å²) in [7, 11) is 0. The Morgan fingerprint density at radius 1 is 1.39 bits per heavy atom. The number of nitrogen functional groups attached to an aromatic ring is 1. The third-order valence-corrected chi connectivity index (χ3v) is 3.75. The lowest BCUT2D eigenvalue weighted by Gasteiger charge is -2.00. The highest BCUT2D eigenvalue weighted by Gasteiger charge is 2.32. The van der Waals surface area contributed by atoms with Crippen LogP contribution >= 0.6 is 11.8 Å². The first-order valence-corrected chi connectivity index (χ1v) is 6.25. The molecule has 1 fully saturated rings. The van der Waals surface area contributed by atoms with E-state index in [-0.39, 0.29) is 18.2 Å². The van der Waals surface area contributed by atoms with Crippen molar-refractivity contribution in [2.75, 3.05) is 5.73 Å². The Morgan fingerprint density at radius 3 is 2.94 bits per heavy atom. The second kappa shape index (κ2) is 4.02. The average molecular weight is 262 g/mol. The normalized spacial score (nSPS) is 19.4. The van der Waals surface area contributed by atoms with Gasteiger partial charge in [0.15, 0.2) is 5.16 Å². The second-order valence-electron chi connectivity index (χ2n) is 4.04. The number of amides is 2. The van der Waals surface area contributed by atoms with Crippen molar-refractivity contribution in [3.8, 4) is 0 Å². The van der Waals surface area contributed by atoms with Crippen molar-refractivity contribution in [1.82, 2.24) is 15.3 Å². The second-order valence-corrected chi connectivity index (χ2v) is 5.23. The monoisotopic (exact) mass is 262 g/mol. The number of nitrogens with one attached hydrogen (secondary N) is 2. The zero-order chi connectivity index (χ0) is 12.7. The number of aromatic nitrogens is 2. The van der Waals surface area contributed by atoms with E-state index in [0.717, 1.165) is 11.0 Å². The summed E-state index contributed by atoms with van der Waals surface area (Å²) >= 11 is 1.25. The molecule has 18 heavy (non-hydrogen) atoms. The van der Waals surface area contributed by atoms with Crippen LogP contribution < -0.4 is 11.1 Å². The number of thioether (sulfide) groups is 1. The smallest absolute Gasteiger partial charge is 0.240 e. The molecule has 0 bridgehead atoms. The van der Waals surface area contributed by atoms with Gasteiger partial charge in [0.05, 0.1) is 11.0 Å². The molecule has 1 aliphatic heterocycles. The molecule has 0 spiro atoms. The number of imide groups is 1. The van der Waals surface area contributed by atoms with Gasteiger partial charge in [0.25, 0.3) is 0 Å². The van der Waals surface area contributed by atoms with Gasteiger partial charge >= 0.3 is 0 Å². The number of hydrogen-bond acceptors (Lipinski definition) is 5. The first-order chi connectivity index (χ1) is 8.61. The van der Waals surface area contributed by atoms with Crippen molar-refractivity contribution in [3.63, 3.8) is 0 Å². The summed E-state index contributed by atoms with van der Waals surface area (Å²) in [4.78, 5) is 29.9.